The maximum Gasteiger partial charge on any atom is 0.270 e. The molecule has 0 spiro atoms. The van der Waals surface area contributed by atoms with E-state index in [-0.39, 0.29) is 11.3 Å². The van der Waals surface area contributed by atoms with Gasteiger partial charge in [-0.15, -0.1) is 0 Å². The van der Waals surface area contributed by atoms with Crippen LogP contribution in [-0.2, 0) is 0 Å². The molecule has 0 atom stereocenters. The van der Waals surface area contributed by atoms with Gasteiger partial charge < -0.3 is 10.3 Å². The van der Waals surface area contributed by atoms with Gasteiger partial charge in [-0.25, -0.2) is 4.98 Å². The topological polar surface area (TPSA) is 114 Å². The fourth-order valence-electron chi connectivity index (χ4n) is 2.69. The van der Waals surface area contributed by atoms with Gasteiger partial charge in [-0.05, 0) is 36.4 Å². The summed E-state index contributed by atoms with van der Waals surface area (Å²) in [5.74, 6) is 0.255. The number of rotatable bonds is 4. The van der Waals surface area contributed by atoms with E-state index in [1.165, 1.54) is 24.3 Å². The molecule has 0 aliphatic heterocycles. The first kappa shape index (κ1) is 16.4. The van der Waals surface area contributed by atoms with Crippen molar-refractivity contribution in [3.8, 4) is 11.4 Å². The minimum absolute atomic E-state index is 0.132. The zero-order valence-corrected chi connectivity index (χ0v) is 13.9. The zero-order valence-electron chi connectivity index (χ0n) is 13.9. The number of anilines is 1. The molecule has 0 unspecified atom stereocenters. The van der Waals surface area contributed by atoms with Crippen molar-refractivity contribution >= 4 is 28.3 Å². The lowest BCUT2D eigenvalue weighted by Gasteiger charge is -2.05. The molecule has 132 valence electrons. The van der Waals surface area contributed by atoms with Gasteiger partial charge in [0.15, 0.2) is 0 Å². The van der Waals surface area contributed by atoms with Gasteiger partial charge in [-0.3, -0.25) is 19.9 Å². The minimum atomic E-state index is -0.534. The molecular formula is C19H13N5O3. The van der Waals surface area contributed by atoms with E-state index < -0.39 is 10.8 Å². The Morgan fingerprint density at radius 3 is 2.78 bits per heavy atom. The average Bonchev–Trinajstić information content (AvgIpc) is 3.12. The SMILES string of the molecule is O=C(Nc1ccc2nc(-c3cccnc3)[nH]c2c1)c1cccc([N+](=O)[O-])c1. The Labute approximate surface area is 153 Å². The highest BCUT2D eigenvalue weighted by Gasteiger charge is 2.12. The van der Waals surface area contributed by atoms with Crippen LogP contribution in [0.1, 0.15) is 10.4 Å². The van der Waals surface area contributed by atoms with Crippen LogP contribution in [0.5, 0.6) is 0 Å². The Balaban J connectivity index is 1.60. The summed E-state index contributed by atoms with van der Waals surface area (Å²) in [5.41, 5.74) is 3.00. The lowest BCUT2D eigenvalue weighted by Crippen LogP contribution is -2.12. The molecule has 0 saturated heterocycles. The maximum absolute atomic E-state index is 12.4. The number of carbonyl (C=O) groups excluding carboxylic acids is 1. The molecule has 0 aliphatic rings. The van der Waals surface area contributed by atoms with E-state index in [2.05, 4.69) is 20.3 Å². The molecule has 2 aromatic heterocycles. The molecule has 8 nitrogen and oxygen atoms in total. The van der Waals surface area contributed by atoms with Crippen LogP contribution in [0.4, 0.5) is 11.4 Å². The fourth-order valence-corrected chi connectivity index (χ4v) is 2.69. The number of non-ortho nitro benzene ring substituents is 1. The number of nitro benzene ring substituents is 1. The third-order valence-electron chi connectivity index (χ3n) is 3.99. The van der Waals surface area contributed by atoms with Crippen molar-refractivity contribution < 1.29 is 9.72 Å². The van der Waals surface area contributed by atoms with Gasteiger partial charge >= 0.3 is 0 Å². The Morgan fingerprint density at radius 2 is 2.00 bits per heavy atom. The van der Waals surface area contributed by atoms with Crippen LogP contribution in [0.3, 0.4) is 0 Å². The second-order valence-electron chi connectivity index (χ2n) is 5.82. The van der Waals surface area contributed by atoms with Crippen molar-refractivity contribution in [2.24, 2.45) is 0 Å². The zero-order chi connectivity index (χ0) is 18.8. The summed E-state index contributed by atoms with van der Waals surface area (Å²) >= 11 is 0. The van der Waals surface area contributed by atoms with E-state index in [1.54, 1.807) is 30.6 Å². The molecule has 4 aromatic rings. The van der Waals surface area contributed by atoms with E-state index >= 15 is 0 Å². The summed E-state index contributed by atoms with van der Waals surface area (Å²) in [5, 5.41) is 13.6. The summed E-state index contributed by atoms with van der Waals surface area (Å²) in [6.45, 7) is 0. The number of fused-ring (bicyclic) bond motifs is 1. The first-order valence-electron chi connectivity index (χ1n) is 8.06. The van der Waals surface area contributed by atoms with Crippen LogP contribution in [-0.4, -0.2) is 25.8 Å². The summed E-state index contributed by atoms with van der Waals surface area (Å²) in [4.78, 5) is 34.5. The molecule has 1 amide bonds. The Bertz CT molecular complexity index is 1150. The van der Waals surface area contributed by atoms with Crippen LogP contribution >= 0.6 is 0 Å². The number of amides is 1. The average molecular weight is 359 g/mol. The molecular weight excluding hydrogens is 346 g/mol. The summed E-state index contributed by atoms with van der Waals surface area (Å²) < 4.78 is 0. The number of nitrogens with zero attached hydrogens (tertiary/aromatic N) is 3. The van der Waals surface area contributed by atoms with Gasteiger partial charge in [-0.1, -0.05) is 6.07 Å². The third-order valence-corrected chi connectivity index (χ3v) is 3.99. The smallest absolute Gasteiger partial charge is 0.270 e. The molecule has 2 heterocycles. The van der Waals surface area contributed by atoms with Crippen LogP contribution in [0.15, 0.2) is 67.0 Å². The van der Waals surface area contributed by atoms with E-state index in [1.807, 2.05) is 12.1 Å². The van der Waals surface area contributed by atoms with Gasteiger partial charge in [-0.2, -0.15) is 0 Å². The molecule has 4 rings (SSSR count). The summed E-state index contributed by atoms with van der Waals surface area (Å²) in [6.07, 6.45) is 3.40. The van der Waals surface area contributed by atoms with Crippen molar-refractivity contribution in [1.29, 1.82) is 0 Å². The molecule has 2 N–H and O–H groups in total. The Hall–Kier alpha value is -4.07. The lowest BCUT2D eigenvalue weighted by molar-refractivity contribution is -0.384. The van der Waals surface area contributed by atoms with Gasteiger partial charge in [0, 0.05) is 41.3 Å². The van der Waals surface area contributed by atoms with Crippen LogP contribution in [0.2, 0.25) is 0 Å². The minimum Gasteiger partial charge on any atom is -0.338 e. The van der Waals surface area contributed by atoms with Crippen molar-refractivity contribution in [1.82, 2.24) is 15.0 Å². The third kappa shape index (κ3) is 3.36. The number of imidazole rings is 1. The number of carbonyl (C=O) groups is 1. The van der Waals surface area contributed by atoms with Crippen LogP contribution in [0.25, 0.3) is 22.4 Å². The first-order chi connectivity index (χ1) is 13.1. The largest absolute Gasteiger partial charge is 0.338 e. The monoisotopic (exact) mass is 359 g/mol. The number of aromatic nitrogens is 3. The number of H-pyrrole nitrogens is 1. The van der Waals surface area contributed by atoms with Crippen molar-refractivity contribution in [2.75, 3.05) is 5.32 Å². The van der Waals surface area contributed by atoms with E-state index in [4.69, 9.17) is 0 Å². The number of nitro groups is 1. The van der Waals surface area contributed by atoms with E-state index in [0.29, 0.717) is 11.5 Å². The second kappa shape index (κ2) is 6.68. The maximum atomic E-state index is 12.4. The normalized spacial score (nSPS) is 10.7. The van der Waals surface area contributed by atoms with Crippen LogP contribution in [0, 0.1) is 10.1 Å². The number of hydrogen-bond acceptors (Lipinski definition) is 5. The van der Waals surface area contributed by atoms with Crippen molar-refractivity contribution in [3.05, 3.63) is 82.7 Å². The molecule has 0 fully saturated rings. The van der Waals surface area contributed by atoms with Gasteiger partial charge in [0.25, 0.3) is 11.6 Å². The molecule has 27 heavy (non-hydrogen) atoms. The van der Waals surface area contributed by atoms with E-state index in [0.717, 1.165) is 16.6 Å². The number of aromatic amines is 1. The molecule has 0 saturated carbocycles. The van der Waals surface area contributed by atoms with Gasteiger partial charge in [0.1, 0.15) is 5.82 Å². The Kier molecular flexibility index (Phi) is 4.06. The predicted molar refractivity (Wildman–Crippen MR) is 100 cm³/mol. The van der Waals surface area contributed by atoms with Crippen LogP contribution < -0.4 is 5.32 Å². The predicted octanol–water partition coefficient (Wildman–Crippen LogP) is 3.79. The number of pyridine rings is 1. The van der Waals surface area contributed by atoms with E-state index in [9.17, 15) is 14.9 Å². The number of benzene rings is 2. The summed E-state index contributed by atoms with van der Waals surface area (Å²) in [7, 11) is 0. The number of nitrogens with one attached hydrogen (secondary N) is 2. The number of hydrogen-bond donors (Lipinski definition) is 2. The highest BCUT2D eigenvalue weighted by molar-refractivity contribution is 6.05. The second-order valence-corrected chi connectivity index (χ2v) is 5.82. The molecule has 0 radical (unpaired) electrons. The highest BCUT2D eigenvalue weighted by Crippen LogP contribution is 2.23. The van der Waals surface area contributed by atoms with Gasteiger partial charge in [0.05, 0.1) is 16.0 Å². The molecule has 8 heteroatoms. The van der Waals surface area contributed by atoms with Gasteiger partial charge in [0.2, 0.25) is 0 Å². The molecule has 2 aromatic carbocycles. The van der Waals surface area contributed by atoms with Crippen molar-refractivity contribution in [3.63, 3.8) is 0 Å². The highest BCUT2D eigenvalue weighted by atomic mass is 16.6. The fraction of sp³-hybridized carbons (Fsp3) is 0. The quantitative estimate of drug-likeness (QED) is 0.425. The van der Waals surface area contributed by atoms with Crippen molar-refractivity contribution in [2.45, 2.75) is 0 Å². The Morgan fingerprint density at radius 1 is 1.11 bits per heavy atom. The lowest BCUT2D eigenvalue weighted by atomic mass is 10.2. The molecule has 0 aliphatic carbocycles. The first-order valence-corrected chi connectivity index (χ1v) is 8.06. The standard InChI is InChI=1S/C19H13N5O3/c25-19(12-3-1-5-15(9-12)24(26)27)21-14-6-7-16-17(10-14)23-18(22-16)13-4-2-8-20-11-13/h1-11H,(H,21,25)(H,22,23). The summed E-state index contributed by atoms with van der Waals surface area (Å²) in [6, 6.07) is 14.6. The molecule has 0 bridgehead atoms.